The second kappa shape index (κ2) is 6.74. The topological polar surface area (TPSA) is 53.6 Å². The van der Waals surface area contributed by atoms with Crippen LogP contribution < -0.4 is 11.1 Å². The summed E-state index contributed by atoms with van der Waals surface area (Å²) < 4.78 is 0. The molecule has 1 saturated carbocycles. The number of guanidine groups is 1. The van der Waals surface area contributed by atoms with Crippen LogP contribution in [0.2, 0.25) is 0 Å². The van der Waals surface area contributed by atoms with E-state index in [1.54, 1.807) is 0 Å². The molecule has 94 valence electrons. The third kappa shape index (κ3) is 5.35. The molecule has 0 aromatic rings. The van der Waals surface area contributed by atoms with Gasteiger partial charge in [0.25, 0.3) is 0 Å². The van der Waals surface area contributed by atoms with Crippen LogP contribution in [-0.2, 0) is 0 Å². The largest absolute Gasteiger partial charge is 0.370 e. The van der Waals surface area contributed by atoms with E-state index in [2.05, 4.69) is 36.2 Å². The fourth-order valence-electron chi connectivity index (χ4n) is 2.04. The highest BCUT2D eigenvalue weighted by Crippen LogP contribution is 2.20. The highest BCUT2D eigenvalue weighted by atomic mass is 15.1. The second-order valence-electron chi connectivity index (χ2n) is 5.09. The van der Waals surface area contributed by atoms with Gasteiger partial charge in [0.1, 0.15) is 0 Å². The summed E-state index contributed by atoms with van der Waals surface area (Å²) in [6.07, 6.45) is 6.10. The molecule has 0 heterocycles. The van der Waals surface area contributed by atoms with Crippen LogP contribution in [0.4, 0.5) is 0 Å². The first-order valence-electron chi connectivity index (χ1n) is 6.32. The Balaban J connectivity index is 2.23. The van der Waals surface area contributed by atoms with Gasteiger partial charge >= 0.3 is 0 Å². The van der Waals surface area contributed by atoms with Crippen molar-refractivity contribution in [1.82, 2.24) is 10.2 Å². The number of aliphatic imine (C=N–C) groups is 1. The molecular weight excluding hydrogens is 200 g/mol. The Labute approximate surface area is 99.3 Å². The quantitative estimate of drug-likeness (QED) is 0.546. The van der Waals surface area contributed by atoms with Crippen LogP contribution in [0.1, 0.15) is 39.0 Å². The maximum atomic E-state index is 5.89. The standard InChI is InChI=1S/C12H26N4/c1-10(8-9-16(2)3)14-12(13)15-11-6-4-5-7-11/h10-11H,4-9H2,1-3H3,(H3,13,14,15). The van der Waals surface area contributed by atoms with Crippen LogP contribution in [0.5, 0.6) is 0 Å². The summed E-state index contributed by atoms with van der Waals surface area (Å²) in [7, 11) is 4.17. The molecule has 1 aliphatic rings. The van der Waals surface area contributed by atoms with E-state index in [-0.39, 0.29) is 0 Å². The molecule has 1 aliphatic carbocycles. The zero-order valence-electron chi connectivity index (χ0n) is 10.9. The van der Waals surface area contributed by atoms with Gasteiger partial charge in [0, 0.05) is 6.04 Å². The van der Waals surface area contributed by atoms with Crippen LogP contribution in [0, 0.1) is 0 Å². The number of hydrogen-bond acceptors (Lipinski definition) is 2. The van der Waals surface area contributed by atoms with Crippen molar-refractivity contribution in [3.8, 4) is 0 Å². The average Bonchev–Trinajstić information content (AvgIpc) is 2.67. The number of nitrogens with two attached hydrogens (primary N) is 1. The molecule has 16 heavy (non-hydrogen) atoms. The molecule has 1 fully saturated rings. The van der Waals surface area contributed by atoms with Crippen LogP contribution in [-0.4, -0.2) is 43.6 Å². The van der Waals surface area contributed by atoms with Gasteiger partial charge in [0.15, 0.2) is 5.96 Å². The molecule has 4 nitrogen and oxygen atoms in total. The SMILES string of the molecule is CC(CCN(C)C)NC(N)=NC1CCCC1. The molecule has 0 radical (unpaired) electrons. The van der Waals surface area contributed by atoms with Gasteiger partial charge in [-0.2, -0.15) is 0 Å². The Hall–Kier alpha value is -0.770. The van der Waals surface area contributed by atoms with Gasteiger partial charge in [-0.05, 0) is 46.8 Å². The van der Waals surface area contributed by atoms with E-state index in [0.29, 0.717) is 18.0 Å². The molecule has 1 atom stereocenters. The smallest absolute Gasteiger partial charge is 0.189 e. The second-order valence-corrected chi connectivity index (χ2v) is 5.09. The van der Waals surface area contributed by atoms with E-state index in [4.69, 9.17) is 5.73 Å². The summed E-state index contributed by atoms with van der Waals surface area (Å²) in [5.74, 6) is 0.623. The minimum atomic E-state index is 0.396. The van der Waals surface area contributed by atoms with E-state index >= 15 is 0 Å². The normalized spacial score (nSPS) is 20.4. The van der Waals surface area contributed by atoms with Crippen LogP contribution in [0.25, 0.3) is 0 Å². The Bertz CT molecular complexity index is 219. The molecule has 0 aliphatic heterocycles. The number of rotatable bonds is 5. The lowest BCUT2D eigenvalue weighted by molar-refractivity contribution is 0.378. The molecule has 0 aromatic heterocycles. The maximum Gasteiger partial charge on any atom is 0.189 e. The van der Waals surface area contributed by atoms with Crippen molar-refractivity contribution in [2.24, 2.45) is 10.7 Å². The average molecular weight is 226 g/mol. The fourth-order valence-corrected chi connectivity index (χ4v) is 2.04. The van der Waals surface area contributed by atoms with Gasteiger partial charge in [0.2, 0.25) is 0 Å². The monoisotopic (exact) mass is 226 g/mol. The first-order chi connectivity index (χ1) is 7.58. The molecule has 0 bridgehead atoms. The predicted octanol–water partition coefficient (Wildman–Crippen LogP) is 1.17. The van der Waals surface area contributed by atoms with Gasteiger partial charge in [-0.15, -0.1) is 0 Å². The number of nitrogens with one attached hydrogen (secondary N) is 1. The van der Waals surface area contributed by atoms with Crippen molar-refractivity contribution < 1.29 is 0 Å². The lowest BCUT2D eigenvalue weighted by Crippen LogP contribution is -2.40. The Morgan fingerprint density at radius 2 is 2.06 bits per heavy atom. The number of hydrogen-bond donors (Lipinski definition) is 2. The van der Waals surface area contributed by atoms with Crippen molar-refractivity contribution in [1.29, 1.82) is 0 Å². The lowest BCUT2D eigenvalue weighted by atomic mass is 10.2. The highest BCUT2D eigenvalue weighted by Gasteiger charge is 2.14. The van der Waals surface area contributed by atoms with Crippen LogP contribution >= 0.6 is 0 Å². The summed E-state index contributed by atoms with van der Waals surface area (Å²) in [6.45, 7) is 3.23. The van der Waals surface area contributed by atoms with Crippen molar-refractivity contribution in [3.63, 3.8) is 0 Å². The van der Waals surface area contributed by atoms with E-state index in [0.717, 1.165) is 13.0 Å². The molecular formula is C12H26N4. The first kappa shape index (κ1) is 13.3. The number of nitrogens with zero attached hydrogens (tertiary/aromatic N) is 2. The highest BCUT2D eigenvalue weighted by molar-refractivity contribution is 5.78. The molecule has 1 rings (SSSR count). The molecule has 0 saturated heterocycles. The molecule has 3 N–H and O–H groups in total. The molecule has 0 aromatic carbocycles. The molecule has 0 spiro atoms. The van der Waals surface area contributed by atoms with Crippen molar-refractivity contribution in [2.45, 2.75) is 51.1 Å². The van der Waals surface area contributed by atoms with Gasteiger partial charge in [-0.25, -0.2) is 0 Å². The fraction of sp³-hybridized carbons (Fsp3) is 0.917. The predicted molar refractivity (Wildman–Crippen MR) is 69.6 cm³/mol. The summed E-state index contributed by atoms with van der Waals surface area (Å²) in [5, 5.41) is 3.26. The summed E-state index contributed by atoms with van der Waals surface area (Å²) in [6, 6.07) is 0.862. The van der Waals surface area contributed by atoms with E-state index in [1.165, 1.54) is 25.7 Å². The summed E-state index contributed by atoms with van der Waals surface area (Å²) in [5.41, 5.74) is 5.89. The zero-order valence-corrected chi connectivity index (χ0v) is 10.9. The van der Waals surface area contributed by atoms with Crippen molar-refractivity contribution >= 4 is 5.96 Å². The molecule has 1 unspecified atom stereocenters. The first-order valence-corrected chi connectivity index (χ1v) is 6.32. The van der Waals surface area contributed by atoms with Crippen molar-refractivity contribution in [2.75, 3.05) is 20.6 Å². The Morgan fingerprint density at radius 3 is 2.62 bits per heavy atom. The van der Waals surface area contributed by atoms with Crippen LogP contribution in [0.3, 0.4) is 0 Å². The van der Waals surface area contributed by atoms with E-state index in [1.807, 2.05) is 0 Å². The summed E-state index contributed by atoms with van der Waals surface area (Å²) >= 11 is 0. The van der Waals surface area contributed by atoms with E-state index in [9.17, 15) is 0 Å². The van der Waals surface area contributed by atoms with Gasteiger partial charge < -0.3 is 16.0 Å². The maximum absolute atomic E-state index is 5.89. The lowest BCUT2D eigenvalue weighted by Gasteiger charge is -2.17. The van der Waals surface area contributed by atoms with Gasteiger partial charge in [-0.3, -0.25) is 4.99 Å². The summed E-state index contributed by atoms with van der Waals surface area (Å²) in [4.78, 5) is 6.70. The van der Waals surface area contributed by atoms with E-state index < -0.39 is 0 Å². The van der Waals surface area contributed by atoms with Gasteiger partial charge in [-0.1, -0.05) is 12.8 Å². The Morgan fingerprint density at radius 1 is 1.44 bits per heavy atom. The minimum Gasteiger partial charge on any atom is -0.370 e. The van der Waals surface area contributed by atoms with Crippen molar-refractivity contribution in [3.05, 3.63) is 0 Å². The third-order valence-corrected chi connectivity index (χ3v) is 3.05. The zero-order chi connectivity index (χ0) is 12.0. The minimum absolute atomic E-state index is 0.396. The van der Waals surface area contributed by atoms with Gasteiger partial charge in [0.05, 0.1) is 6.04 Å². The molecule has 0 amide bonds. The third-order valence-electron chi connectivity index (χ3n) is 3.05. The van der Waals surface area contributed by atoms with Crippen LogP contribution in [0.15, 0.2) is 4.99 Å². The molecule has 4 heteroatoms. The Kier molecular flexibility index (Phi) is 5.60.